The molecule has 2 aliphatic carbocycles. The summed E-state index contributed by atoms with van der Waals surface area (Å²) in [6.07, 6.45) is 5.77. The average Bonchev–Trinajstić information content (AvgIpc) is 3.12. The minimum absolute atomic E-state index is 0.0987. The van der Waals surface area contributed by atoms with Crippen molar-refractivity contribution in [3.8, 4) is 0 Å². The molecular formula is C19H26N2O2. The molecule has 0 aromatic heterocycles. The highest BCUT2D eigenvalue weighted by Crippen LogP contribution is 2.49. The fourth-order valence-corrected chi connectivity index (χ4v) is 4.15. The van der Waals surface area contributed by atoms with Crippen molar-refractivity contribution in [3.63, 3.8) is 0 Å². The van der Waals surface area contributed by atoms with Crippen molar-refractivity contribution in [1.29, 1.82) is 0 Å². The number of hydrogen-bond donors (Lipinski definition) is 1. The summed E-state index contributed by atoms with van der Waals surface area (Å²) in [5.41, 5.74) is 1.93. The second-order valence-electron chi connectivity index (χ2n) is 7.30. The first kappa shape index (κ1) is 16.0. The van der Waals surface area contributed by atoms with E-state index in [9.17, 15) is 9.59 Å². The molecule has 3 rings (SSSR count). The molecule has 1 N–H and O–H groups in total. The Bertz CT molecular complexity index is 582. The Morgan fingerprint density at radius 1 is 1.17 bits per heavy atom. The van der Waals surface area contributed by atoms with Gasteiger partial charge in [0.2, 0.25) is 11.8 Å². The SMILES string of the molecule is Cc1ccc(NC(=O)CN(C)C(=O)C[C@H]2C[C@@H]3CC[C@@H]2C3)cc1. The molecule has 0 spiro atoms. The molecule has 2 saturated carbocycles. The van der Waals surface area contributed by atoms with Crippen molar-refractivity contribution in [2.45, 2.75) is 39.0 Å². The maximum absolute atomic E-state index is 12.4. The van der Waals surface area contributed by atoms with E-state index in [1.807, 2.05) is 31.2 Å². The summed E-state index contributed by atoms with van der Waals surface area (Å²) in [6, 6.07) is 7.67. The van der Waals surface area contributed by atoms with Crippen LogP contribution >= 0.6 is 0 Å². The number of nitrogens with one attached hydrogen (secondary N) is 1. The number of aryl methyl sites for hydroxylation is 1. The Kier molecular flexibility index (Phi) is 4.69. The highest BCUT2D eigenvalue weighted by Gasteiger charge is 2.40. The third kappa shape index (κ3) is 3.92. The number of nitrogens with zero attached hydrogens (tertiary/aromatic N) is 1. The first-order valence-corrected chi connectivity index (χ1v) is 8.61. The lowest BCUT2D eigenvalue weighted by atomic mass is 9.86. The number of hydrogen-bond acceptors (Lipinski definition) is 2. The Morgan fingerprint density at radius 2 is 1.91 bits per heavy atom. The van der Waals surface area contributed by atoms with Crippen molar-refractivity contribution in [1.82, 2.24) is 4.90 Å². The third-order valence-electron chi connectivity index (χ3n) is 5.46. The van der Waals surface area contributed by atoms with Crippen LogP contribution in [0.25, 0.3) is 0 Å². The largest absolute Gasteiger partial charge is 0.336 e. The fraction of sp³-hybridized carbons (Fsp3) is 0.579. The Hall–Kier alpha value is -1.84. The van der Waals surface area contributed by atoms with Crippen LogP contribution in [0.2, 0.25) is 0 Å². The zero-order valence-electron chi connectivity index (χ0n) is 14.0. The number of benzene rings is 1. The predicted molar refractivity (Wildman–Crippen MR) is 91.0 cm³/mol. The molecule has 0 saturated heterocycles. The van der Waals surface area contributed by atoms with E-state index in [4.69, 9.17) is 0 Å². The quantitative estimate of drug-likeness (QED) is 0.907. The van der Waals surface area contributed by atoms with Crippen molar-refractivity contribution in [2.75, 3.05) is 18.9 Å². The lowest BCUT2D eigenvalue weighted by Crippen LogP contribution is -2.36. The number of fused-ring (bicyclic) bond motifs is 2. The molecule has 4 nitrogen and oxygen atoms in total. The van der Waals surface area contributed by atoms with Gasteiger partial charge in [0.25, 0.3) is 0 Å². The zero-order chi connectivity index (χ0) is 16.4. The first-order valence-electron chi connectivity index (χ1n) is 8.61. The number of anilines is 1. The summed E-state index contributed by atoms with van der Waals surface area (Å²) in [6.45, 7) is 2.13. The summed E-state index contributed by atoms with van der Waals surface area (Å²) in [5.74, 6) is 2.11. The fourth-order valence-electron chi connectivity index (χ4n) is 4.15. The molecule has 2 aliphatic rings. The zero-order valence-corrected chi connectivity index (χ0v) is 14.0. The van der Waals surface area contributed by atoms with Crippen LogP contribution in [0.4, 0.5) is 5.69 Å². The van der Waals surface area contributed by atoms with Crippen LogP contribution in [-0.4, -0.2) is 30.3 Å². The van der Waals surface area contributed by atoms with E-state index < -0.39 is 0 Å². The number of carbonyl (C=O) groups is 2. The van der Waals surface area contributed by atoms with E-state index in [2.05, 4.69) is 5.32 Å². The van der Waals surface area contributed by atoms with Crippen LogP contribution < -0.4 is 5.32 Å². The van der Waals surface area contributed by atoms with Crippen LogP contribution in [0.15, 0.2) is 24.3 Å². The standard InChI is InChI=1S/C19H26N2O2/c1-13-3-7-17(8-4-13)20-18(22)12-21(2)19(23)11-16-10-14-5-6-15(16)9-14/h3-4,7-8,14-16H,5-6,9-12H2,1-2H3,(H,20,22)/t14-,15-,16-/m1/s1. The lowest BCUT2D eigenvalue weighted by Gasteiger charge is -2.24. The van der Waals surface area contributed by atoms with Crippen LogP contribution in [0.1, 0.15) is 37.7 Å². The molecule has 0 aliphatic heterocycles. The Labute approximate surface area is 138 Å². The normalized spacial score (nSPS) is 25.4. The minimum Gasteiger partial charge on any atom is -0.336 e. The topological polar surface area (TPSA) is 49.4 Å². The van der Waals surface area contributed by atoms with Gasteiger partial charge in [-0.15, -0.1) is 0 Å². The number of amides is 2. The summed E-state index contributed by atoms with van der Waals surface area (Å²) in [5, 5.41) is 2.84. The second-order valence-corrected chi connectivity index (χ2v) is 7.30. The molecule has 0 radical (unpaired) electrons. The molecule has 124 valence electrons. The van der Waals surface area contributed by atoms with Gasteiger partial charge in [-0.05, 0) is 56.1 Å². The Balaban J connectivity index is 1.46. The minimum atomic E-state index is -0.141. The van der Waals surface area contributed by atoms with E-state index in [0.717, 1.165) is 23.1 Å². The smallest absolute Gasteiger partial charge is 0.243 e. The van der Waals surface area contributed by atoms with Crippen molar-refractivity contribution in [3.05, 3.63) is 29.8 Å². The van der Waals surface area contributed by atoms with Crippen molar-refractivity contribution >= 4 is 17.5 Å². The average molecular weight is 314 g/mol. The van der Waals surface area contributed by atoms with Crippen LogP contribution in [0.5, 0.6) is 0 Å². The van der Waals surface area contributed by atoms with Gasteiger partial charge in [-0.25, -0.2) is 0 Å². The molecule has 2 amide bonds. The first-order chi connectivity index (χ1) is 11.0. The second kappa shape index (κ2) is 6.73. The molecule has 4 heteroatoms. The van der Waals surface area contributed by atoms with E-state index in [-0.39, 0.29) is 18.4 Å². The number of carbonyl (C=O) groups excluding carboxylic acids is 2. The van der Waals surface area contributed by atoms with Crippen molar-refractivity contribution in [2.24, 2.45) is 17.8 Å². The summed E-state index contributed by atoms with van der Waals surface area (Å²) in [4.78, 5) is 26.0. The van der Waals surface area contributed by atoms with Gasteiger partial charge in [-0.3, -0.25) is 9.59 Å². The maximum atomic E-state index is 12.4. The molecule has 1 aromatic carbocycles. The summed E-state index contributed by atoms with van der Waals surface area (Å²) >= 11 is 0. The van der Waals surface area contributed by atoms with Gasteiger partial charge in [-0.2, -0.15) is 0 Å². The highest BCUT2D eigenvalue weighted by atomic mass is 16.2. The molecule has 0 heterocycles. The van der Waals surface area contributed by atoms with E-state index in [0.29, 0.717) is 12.3 Å². The molecule has 23 heavy (non-hydrogen) atoms. The van der Waals surface area contributed by atoms with Gasteiger partial charge in [0.05, 0.1) is 6.54 Å². The molecule has 3 atom stereocenters. The molecule has 2 fully saturated rings. The van der Waals surface area contributed by atoms with E-state index >= 15 is 0 Å². The Morgan fingerprint density at radius 3 is 2.52 bits per heavy atom. The molecule has 2 bridgehead atoms. The van der Waals surface area contributed by atoms with Gasteiger partial charge in [0.15, 0.2) is 0 Å². The van der Waals surface area contributed by atoms with Gasteiger partial charge < -0.3 is 10.2 Å². The summed E-state index contributed by atoms with van der Waals surface area (Å²) < 4.78 is 0. The number of likely N-dealkylation sites (N-methyl/N-ethyl adjacent to an activating group) is 1. The number of rotatable bonds is 5. The predicted octanol–water partition coefficient (Wildman–Crippen LogP) is 3.22. The third-order valence-corrected chi connectivity index (χ3v) is 5.46. The van der Waals surface area contributed by atoms with Crippen LogP contribution in [0, 0.1) is 24.7 Å². The van der Waals surface area contributed by atoms with Crippen LogP contribution in [-0.2, 0) is 9.59 Å². The van der Waals surface area contributed by atoms with Gasteiger partial charge in [0, 0.05) is 19.2 Å². The lowest BCUT2D eigenvalue weighted by molar-refractivity contribution is -0.134. The van der Waals surface area contributed by atoms with Gasteiger partial charge in [-0.1, -0.05) is 24.1 Å². The van der Waals surface area contributed by atoms with Gasteiger partial charge in [0.1, 0.15) is 0 Å². The highest BCUT2D eigenvalue weighted by molar-refractivity contribution is 5.94. The monoisotopic (exact) mass is 314 g/mol. The maximum Gasteiger partial charge on any atom is 0.243 e. The van der Waals surface area contributed by atoms with E-state index in [1.54, 1.807) is 11.9 Å². The molecule has 0 unspecified atom stereocenters. The van der Waals surface area contributed by atoms with Gasteiger partial charge >= 0.3 is 0 Å². The van der Waals surface area contributed by atoms with E-state index in [1.165, 1.54) is 25.7 Å². The molecule has 1 aromatic rings. The molecular weight excluding hydrogens is 288 g/mol. The van der Waals surface area contributed by atoms with Crippen LogP contribution in [0.3, 0.4) is 0 Å². The summed E-state index contributed by atoms with van der Waals surface area (Å²) in [7, 11) is 1.73. The van der Waals surface area contributed by atoms with Crippen molar-refractivity contribution < 1.29 is 9.59 Å².